The molecule has 6 aromatic heterocycles. The van der Waals surface area contributed by atoms with Gasteiger partial charge in [-0.3, -0.25) is 115 Å². The minimum Gasteiger partial charge on any atom is -0.383 e. The Hall–Kier alpha value is -13.7. The van der Waals surface area contributed by atoms with Gasteiger partial charge in [0.1, 0.15) is 44.4 Å². The molecule has 0 aliphatic heterocycles. The number of nitrogens with zero attached hydrogens (tertiary/aromatic N) is 14. The van der Waals surface area contributed by atoms with Crippen molar-refractivity contribution in [1.82, 2.24) is 119 Å². The van der Waals surface area contributed by atoms with Crippen LogP contribution in [0.25, 0.3) is 11.2 Å². The molecule has 650 valence electrons. The Labute approximate surface area is 688 Å². The van der Waals surface area contributed by atoms with Crippen LogP contribution in [0.15, 0.2) is 76.8 Å². The molecule has 50 nitrogen and oxygen atoms in total. The second kappa shape index (κ2) is 47.5. The van der Waals surface area contributed by atoms with E-state index in [-0.39, 0.29) is 96.2 Å². The Kier molecular flexibility index (Phi) is 37.7. The van der Waals surface area contributed by atoms with Crippen LogP contribution in [0, 0.1) is 13.8 Å². The first kappa shape index (κ1) is 95.2. The van der Waals surface area contributed by atoms with E-state index in [9.17, 15) is 101 Å². The molecule has 0 saturated heterocycles. The number of hydrogen-bond acceptors (Lipinski definition) is 31. The summed E-state index contributed by atoms with van der Waals surface area (Å²) in [6.07, 6.45) is 6.97. The summed E-state index contributed by atoms with van der Waals surface area (Å²) in [4.78, 5) is 302. The second-order valence-electron chi connectivity index (χ2n) is 26.7. The molecule has 120 heavy (non-hydrogen) atoms. The molecule has 0 unspecified atom stereocenters. The number of H-pyrrole nitrogens is 3. The van der Waals surface area contributed by atoms with Crippen molar-refractivity contribution >= 4 is 135 Å². The third-order valence-electron chi connectivity index (χ3n) is 17.3. The lowest BCUT2D eigenvalue weighted by atomic mass is 10.2. The fourth-order valence-corrected chi connectivity index (χ4v) is 11.8. The first-order valence-corrected chi connectivity index (χ1v) is 38.6. The van der Waals surface area contributed by atoms with Crippen molar-refractivity contribution in [2.24, 2.45) is 11.5 Å². The first-order valence-electron chi connectivity index (χ1n) is 37.0. The van der Waals surface area contributed by atoms with Gasteiger partial charge in [-0.1, -0.05) is 18.2 Å². The van der Waals surface area contributed by atoms with Crippen LogP contribution in [-0.2, 0) is 99.8 Å². The number of aryl methyl sites for hydroxylation is 2. The van der Waals surface area contributed by atoms with Crippen LogP contribution in [0.1, 0.15) is 49.7 Å². The number of nitrogens with two attached hydrogens (primary N) is 5. The number of thioether (sulfide) groups is 1. The molecule has 0 aliphatic rings. The predicted octanol–water partition coefficient (Wildman–Crippen LogP) is -11.6. The van der Waals surface area contributed by atoms with Crippen LogP contribution in [-0.4, -0.2) is 293 Å². The number of aromatic nitrogens is 12. The summed E-state index contributed by atoms with van der Waals surface area (Å²) in [7, 11) is 0. The lowest BCUT2D eigenvalue weighted by molar-refractivity contribution is -0.138. The number of unbranched alkanes of at least 4 members (excludes halogenated alkanes) is 2. The fraction of sp³-hybridized carbons (Fsp3) is 0.485. The van der Waals surface area contributed by atoms with E-state index in [2.05, 4.69) is 84.7 Å². The van der Waals surface area contributed by atoms with E-state index in [1.807, 2.05) is 0 Å². The summed E-state index contributed by atoms with van der Waals surface area (Å²) in [5, 5.41) is 17.4. The molecule has 0 radical (unpaired) electrons. The van der Waals surface area contributed by atoms with E-state index >= 15 is 0 Å². The minimum absolute atomic E-state index is 0.0193. The molecule has 0 saturated carbocycles. The zero-order valence-corrected chi connectivity index (χ0v) is 67.1. The highest BCUT2D eigenvalue weighted by molar-refractivity contribution is 8.13. The number of anilines is 3. The normalized spacial score (nSPS) is 11.2. The van der Waals surface area contributed by atoms with Crippen molar-refractivity contribution in [3.05, 3.63) is 127 Å². The quantitative estimate of drug-likeness (QED) is 0.0125. The highest BCUT2D eigenvalue weighted by Crippen LogP contribution is 2.11. The number of nitrogens with one attached hydrogen (secondary N) is 10. The Bertz CT molecular complexity index is 5190. The Morgan fingerprint density at radius 1 is 0.458 bits per heavy atom. The molecule has 52 heteroatoms. The number of carbonyl (C=O) groups excluding carboxylic acids is 14. The van der Waals surface area contributed by atoms with Crippen molar-refractivity contribution in [3.8, 4) is 0 Å². The smallest absolute Gasteiger partial charge is 0.349 e. The van der Waals surface area contributed by atoms with Gasteiger partial charge >= 0.3 is 22.8 Å². The first-order chi connectivity index (χ1) is 57.0. The van der Waals surface area contributed by atoms with Crippen LogP contribution in [0.5, 0.6) is 0 Å². The lowest BCUT2D eigenvalue weighted by Crippen LogP contribution is -2.50. The number of imidazole rings is 1. The molecule has 13 amide bonds. The lowest BCUT2D eigenvalue weighted by Gasteiger charge is -2.26. The summed E-state index contributed by atoms with van der Waals surface area (Å²) in [5.74, 6) is -10.3. The number of nitrogen functional groups attached to an aromatic ring is 3. The molecule has 1 atom stereocenters. The standard InChI is InChI=1S/C68H95N29O21S2/c1-40-26-95(67(117)86-60(40)111)34-54(107)90(30-50(103)79-17-24-92(55(108)35-96-27-41(2)61(112)87-68(96)118)37-57(110)120-25-10-47(100)74-12-7-45(72)98)22-15-77-49(102)29-89(53(106)33-94-19-9-44(71)83-66(94)116)21-14-76-51(104)31-91(56(109)36-97-39-81-58-59(97)84-64(73)85-63(58)114)23-16-78-48(101)28-88(52(105)32-93-18-8-43(70)82-65(93)115)20-13-75-46(99)6-4-3-5-11-80-62(113)42(69)38-119/h8-9,18-19,26-27,39,42,119H,3-7,10-17,20-25,28-38,69H2,1-2H3,(H2,72,98)(H,74,100)(H,75,99)(H,76,104)(H,77,102)(H,78,101)(H,79,103)(H,80,113)(H2,70,82,115)(H2,71,83,116)(H,86,111,117)(H,87,112,118)(H3,73,84,85,114)/t42-/m0/s1. The highest BCUT2D eigenvalue weighted by atomic mass is 32.2. The van der Waals surface area contributed by atoms with E-state index in [4.69, 9.17) is 28.7 Å². The second-order valence-corrected chi connectivity index (χ2v) is 28.2. The number of amides is 13. The average Bonchev–Trinajstić information content (AvgIpc) is 1.65. The van der Waals surface area contributed by atoms with Gasteiger partial charge in [0.05, 0.1) is 45.1 Å². The van der Waals surface area contributed by atoms with Crippen LogP contribution in [0.4, 0.5) is 17.6 Å². The van der Waals surface area contributed by atoms with Crippen molar-refractivity contribution in [2.75, 3.05) is 140 Å². The van der Waals surface area contributed by atoms with Gasteiger partial charge in [-0.05, 0) is 38.8 Å². The third-order valence-corrected chi connectivity index (χ3v) is 18.6. The number of hydrogen-bond donors (Lipinski definition) is 16. The van der Waals surface area contributed by atoms with E-state index in [0.29, 0.717) is 37.6 Å². The number of primary amides is 1. The van der Waals surface area contributed by atoms with Gasteiger partial charge in [-0.15, -0.1) is 0 Å². The van der Waals surface area contributed by atoms with E-state index in [1.165, 1.54) is 32.2 Å². The van der Waals surface area contributed by atoms with Crippen molar-refractivity contribution in [2.45, 2.75) is 91.1 Å². The van der Waals surface area contributed by atoms with Crippen molar-refractivity contribution in [1.29, 1.82) is 0 Å². The summed E-state index contributed by atoms with van der Waals surface area (Å²) in [6, 6.07) is 1.70. The summed E-state index contributed by atoms with van der Waals surface area (Å²) >= 11 is 4.68. The predicted molar refractivity (Wildman–Crippen MR) is 431 cm³/mol. The topological polar surface area (TPSA) is 713 Å². The molecule has 0 aliphatic carbocycles. The van der Waals surface area contributed by atoms with E-state index in [0.717, 1.165) is 72.3 Å². The number of fused-ring (bicyclic) bond motifs is 1. The molecule has 6 rings (SSSR count). The average molecular weight is 1720 g/mol. The number of aromatic amines is 3. The summed E-state index contributed by atoms with van der Waals surface area (Å²) < 4.78 is 4.66. The molecule has 6 aromatic rings. The monoisotopic (exact) mass is 1720 g/mol. The SMILES string of the molecule is Cc1cn(CC(=O)N(CCNC(=O)CN(CCNC(=O)CN(CCNC(=O)CN(CCNC(=O)CCCCCNC(=O)[C@@H](N)CS)C(=O)Cn2ccc(N)nc2=O)C(=O)Cn2cnc3c(=O)[nH]c(N)nc32)C(=O)Cn2ccc(N)nc2=O)CC(=O)NCCN(CC(=O)SCCC(=O)NCCC(N)=O)C(=O)Cn2cc(C)c(=O)[nH]c2=O)c(=O)[nH]c1=O. The van der Waals surface area contributed by atoms with Gasteiger partial charge in [-0.25, -0.2) is 24.2 Å². The molecular weight excluding hydrogens is 1620 g/mol. The van der Waals surface area contributed by atoms with Crippen LogP contribution in [0.2, 0.25) is 0 Å². The molecule has 6 heterocycles. The fourth-order valence-electron chi connectivity index (χ4n) is 10.9. The maximum absolute atomic E-state index is 14.3. The van der Waals surface area contributed by atoms with E-state index in [1.54, 1.807) is 0 Å². The van der Waals surface area contributed by atoms with Gasteiger partial charge in [-0.2, -0.15) is 27.6 Å². The molecule has 0 fully saturated rings. The van der Waals surface area contributed by atoms with Gasteiger partial charge in [0.25, 0.3) is 16.7 Å². The Morgan fingerprint density at radius 3 is 1.27 bits per heavy atom. The zero-order chi connectivity index (χ0) is 88.3. The van der Waals surface area contributed by atoms with E-state index < -0.39 is 239 Å². The van der Waals surface area contributed by atoms with Crippen LogP contribution >= 0.6 is 24.4 Å². The van der Waals surface area contributed by atoms with Gasteiger partial charge in [0, 0.05) is 145 Å². The third kappa shape index (κ3) is 32.1. The Balaban J connectivity index is 1.14. The maximum Gasteiger partial charge on any atom is 0.349 e. The Morgan fingerprint density at radius 2 is 0.850 bits per heavy atom. The molecule has 0 bridgehead atoms. The van der Waals surface area contributed by atoms with Gasteiger partial charge in [0.15, 0.2) is 11.2 Å². The van der Waals surface area contributed by atoms with Gasteiger partial charge in [0.2, 0.25) is 87.9 Å². The largest absolute Gasteiger partial charge is 0.383 e. The van der Waals surface area contributed by atoms with Crippen molar-refractivity contribution in [3.63, 3.8) is 0 Å². The maximum atomic E-state index is 14.3. The summed E-state index contributed by atoms with van der Waals surface area (Å²) in [5.41, 5.74) is 21.6. The molecular formula is C68H95N29O21S2. The number of thiol groups is 1. The molecule has 20 N–H and O–H groups in total. The summed E-state index contributed by atoms with van der Waals surface area (Å²) in [6.45, 7) is -8.24. The van der Waals surface area contributed by atoms with Gasteiger partial charge < -0.3 is 95.0 Å². The van der Waals surface area contributed by atoms with Crippen LogP contribution < -0.4 is 105 Å². The number of carbonyl (C=O) groups is 14. The van der Waals surface area contributed by atoms with Crippen molar-refractivity contribution < 1.29 is 67.1 Å². The van der Waals surface area contributed by atoms with Crippen LogP contribution in [0.3, 0.4) is 0 Å². The highest BCUT2D eigenvalue weighted by Gasteiger charge is 2.27. The number of rotatable bonds is 49. The zero-order valence-electron chi connectivity index (χ0n) is 65.4. The molecule has 0 spiro atoms. The molecule has 0 aromatic carbocycles. The minimum atomic E-state index is -1.01.